The Hall–Kier alpha value is -2.88. The van der Waals surface area contributed by atoms with Gasteiger partial charge < -0.3 is 10.3 Å². The maximum absolute atomic E-state index is 12.9. The number of para-hydroxylation sites is 1. The molecular weight excluding hydrogens is 291 g/mol. The van der Waals surface area contributed by atoms with Crippen LogP contribution in [0.2, 0.25) is 0 Å². The van der Waals surface area contributed by atoms with Crippen LogP contribution in [0.15, 0.2) is 60.3 Å². The van der Waals surface area contributed by atoms with Crippen LogP contribution in [0, 0.1) is 5.82 Å². The smallest absolute Gasteiger partial charge is 0.206 e. The van der Waals surface area contributed by atoms with Crippen LogP contribution in [-0.2, 0) is 6.42 Å². The summed E-state index contributed by atoms with van der Waals surface area (Å²) in [6, 6.07) is 14.1. The molecule has 0 radical (unpaired) electrons. The van der Waals surface area contributed by atoms with Gasteiger partial charge >= 0.3 is 0 Å². The van der Waals surface area contributed by atoms with Crippen molar-refractivity contribution in [1.29, 1.82) is 0 Å². The Morgan fingerprint density at radius 1 is 1.04 bits per heavy atom. The normalized spacial score (nSPS) is 15.9. The molecule has 0 fully saturated rings. The molecule has 2 aromatic carbocycles. The van der Waals surface area contributed by atoms with Crippen LogP contribution in [0.25, 0.3) is 10.9 Å². The third-order valence-electron chi connectivity index (χ3n) is 4.23. The SMILES string of the molecule is O=C1C(=CNc2ccc(F)cc2)CCc2c1[nH]c1ccccc21. The first-order valence-corrected chi connectivity index (χ1v) is 7.58. The fourth-order valence-electron chi connectivity index (χ4n) is 3.04. The summed E-state index contributed by atoms with van der Waals surface area (Å²) in [6.45, 7) is 0. The molecule has 0 saturated heterocycles. The number of hydrogen-bond acceptors (Lipinski definition) is 2. The number of rotatable bonds is 2. The van der Waals surface area contributed by atoms with Crippen molar-refractivity contribution < 1.29 is 9.18 Å². The van der Waals surface area contributed by atoms with Gasteiger partial charge in [0, 0.05) is 28.4 Å². The maximum Gasteiger partial charge on any atom is 0.206 e. The van der Waals surface area contributed by atoms with E-state index in [1.165, 1.54) is 12.1 Å². The monoisotopic (exact) mass is 306 g/mol. The number of nitrogens with one attached hydrogen (secondary N) is 2. The number of allylic oxidation sites excluding steroid dienone is 1. The number of H-pyrrole nitrogens is 1. The zero-order valence-corrected chi connectivity index (χ0v) is 12.4. The third kappa shape index (κ3) is 2.42. The molecule has 114 valence electrons. The Balaban J connectivity index is 1.64. The molecule has 3 aromatic rings. The molecular formula is C19H15FN2O. The molecule has 23 heavy (non-hydrogen) atoms. The summed E-state index contributed by atoms with van der Waals surface area (Å²) in [7, 11) is 0. The number of aromatic nitrogens is 1. The Labute approximate surface area is 132 Å². The van der Waals surface area contributed by atoms with Gasteiger partial charge in [-0.2, -0.15) is 0 Å². The Kier molecular flexibility index (Phi) is 3.23. The average Bonchev–Trinajstić information content (AvgIpc) is 2.95. The molecule has 1 aromatic heterocycles. The number of ketones is 1. The second-order valence-electron chi connectivity index (χ2n) is 5.67. The van der Waals surface area contributed by atoms with E-state index in [4.69, 9.17) is 0 Å². The second-order valence-corrected chi connectivity index (χ2v) is 5.67. The van der Waals surface area contributed by atoms with E-state index in [9.17, 15) is 9.18 Å². The van der Waals surface area contributed by atoms with Gasteiger partial charge in [-0.15, -0.1) is 0 Å². The van der Waals surface area contributed by atoms with Crippen LogP contribution in [0.1, 0.15) is 22.5 Å². The Bertz CT molecular complexity index is 922. The van der Waals surface area contributed by atoms with E-state index < -0.39 is 0 Å². The molecule has 0 saturated carbocycles. The fraction of sp³-hybridized carbons (Fsp3) is 0.105. The average molecular weight is 306 g/mol. The van der Waals surface area contributed by atoms with Crippen LogP contribution in [0.5, 0.6) is 0 Å². The summed E-state index contributed by atoms with van der Waals surface area (Å²) in [4.78, 5) is 15.9. The lowest BCUT2D eigenvalue weighted by Gasteiger charge is -2.14. The van der Waals surface area contributed by atoms with Gasteiger partial charge in [-0.1, -0.05) is 18.2 Å². The zero-order chi connectivity index (χ0) is 15.8. The highest BCUT2D eigenvalue weighted by Gasteiger charge is 2.25. The lowest BCUT2D eigenvalue weighted by Crippen LogP contribution is -2.14. The van der Waals surface area contributed by atoms with Gasteiger partial charge in [-0.3, -0.25) is 4.79 Å². The van der Waals surface area contributed by atoms with Gasteiger partial charge in [0.1, 0.15) is 5.82 Å². The largest absolute Gasteiger partial charge is 0.361 e. The molecule has 0 spiro atoms. The fourth-order valence-corrected chi connectivity index (χ4v) is 3.04. The molecule has 0 atom stereocenters. The van der Waals surface area contributed by atoms with E-state index in [0.29, 0.717) is 12.1 Å². The van der Waals surface area contributed by atoms with Gasteiger partial charge in [0.15, 0.2) is 0 Å². The van der Waals surface area contributed by atoms with Crippen LogP contribution >= 0.6 is 0 Å². The summed E-state index contributed by atoms with van der Waals surface area (Å²) < 4.78 is 12.9. The minimum Gasteiger partial charge on any atom is -0.361 e. The van der Waals surface area contributed by atoms with Crippen molar-refractivity contribution in [3.63, 3.8) is 0 Å². The predicted octanol–water partition coefficient (Wildman–Crippen LogP) is 4.43. The Morgan fingerprint density at radius 2 is 1.83 bits per heavy atom. The van der Waals surface area contributed by atoms with Crippen molar-refractivity contribution in [2.24, 2.45) is 0 Å². The number of Topliss-reactive ketones (excluding diaryl/α,β-unsaturated/α-hetero) is 1. The van der Waals surface area contributed by atoms with Crippen LogP contribution in [0.4, 0.5) is 10.1 Å². The molecule has 0 aliphatic heterocycles. The number of aromatic amines is 1. The van der Waals surface area contributed by atoms with Crippen molar-refractivity contribution in [3.8, 4) is 0 Å². The minimum absolute atomic E-state index is 0.0251. The summed E-state index contributed by atoms with van der Waals surface area (Å²) in [5.41, 5.74) is 4.27. The molecule has 4 heteroatoms. The summed E-state index contributed by atoms with van der Waals surface area (Å²) >= 11 is 0. The zero-order valence-electron chi connectivity index (χ0n) is 12.4. The van der Waals surface area contributed by atoms with Crippen molar-refractivity contribution in [2.45, 2.75) is 12.8 Å². The van der Waals surface area contributed by atoms with E-state index in [-0.39, 0.29) is 11.6 Å². The highest BCUT2D eigenvalue weighted by molar-refractivity contribution is 6.13. The first-order valence-electron chi connectivity index (χ1n) is 7.58. The molecule has 0 unspecified atom stereocenters. The van der Waals surface area contributed by atoms with E-state index in [2.05, 4.69) is 10.3 Å². The van der Waals surface area contributed by atoms with Crippen molar-refractivity contribution in [1.82, 2.24) is 4.98 Å². The van der Waals surface area contributed by atoms with Crippen molar-refractivity contribution in [2.75, 3.05) is 5.32 Å². The van der Waals surface area contributed by atoms with Gasteiger partial charge in [0.2, 0.25) is 5.78 Å². The molecule has 0 amide bonds. The molecule has 0 bridgehead atoms. The number of hydrogen-bond donors (Lipinski definition) is 2. The van der Waals surface area contributed by atoms with Crippen molar-refractivity contribution >= 4 is 22.4 Å². The van der Waals surface area contributed by atoms with Crippen LogP contribution < -0.4 is 5.32 Å². The molecule has 1 heterocycles. The van der Waals surface area contributed by atoms with E-state index in [0.717, 1.165) is 34.1 Å². The first kappa shape index (κ1) is 13.8. The maximum atomic E-state index is 12.9. The molecule has 4 rings (SSSR count). The second kappa shape index (κ2) is 5.39. The summed E-state index contributed by atoms with van der Waals surface area (Å²) in [6.07, 6.45) is 3.26. The van der Waals surface area contributed by atoms with E-state index in [1.807, 2.05) is 24.3 Å². The summed E-state index contributed by atoms with van der Waals surface area (Å²) in [5.74, 6) is -0.253. The van der Waals surface area contributed by atoms with Gasteiger partial charge in [0.05, 0.1) is 5.69 Å². The van der Waals surface area contributed by atoms with Crippen molar-refractivity contribution in [3.05, 3.63) is 77.4 Å². The van der Waals surface area contributed by atoms with E-state index >= 15 is 0 Å². The number of halogens is 1. The van der Waals surface area contributed by atoms with Gasteiger partial charge in [0.25, 0.3) is 0 Å². The lowest BCUT2D eigenvalue weighted by atomic mass is 9.91. The topological polar surface area (TPSA) is 44.9 Å². The number of fused-ring (bicyclic) bond motifs is 3. The number of carbonyl (C=O) groups is 1. The molecule has 1 aliphatic carbocycles. The quantitative estimate of drug-likeness (QED) is 0.688. The highest BCUT2D eigenvalue weighted by atomic mass is 19.1. The predicted molar refractivity (Wildman–Crippen MR) is 89.1 cm³/mol. The standard InChI is InChI=1S/C19H15FN2O/c20-13-6-8-14(9-7-13)21-11-12-5-10-16-15-3-1-2-4-17(15)22-18(16)19(12)23/h1-4,6-9,11,21-22H,5,10H2. The first-order chi connectivity index (χ1) is 11.2. The number of carbonyl (C=O) groups excluding carboxylic acids is 1. The summed E-state index contributed by atoms with van der Waals surface area (Å²) in [5, 5.41) is 4.20. The minimum atomic E-state index is -0.278. The molecule has 3 nitrogen and oxygen atoms in total. The van der Waals surface area contributed by atoms with Gasteiger partial charge in [-0.25, -0.2) is 4.39 Å². The van der Waals surface area contributed by atoms with Gasteiger partial charge in [-0.05, 0) is 48.7 Å². The van der Waals surface area contributed by atoms with Crippen LogP contribution in [-0.4, -0.2) is 10.8 Å². The molecule has 2 N–H and O–H groups in total. The lowest BCUT2D eigenvalue weighted by molar-refractivity contribution is 0.102. The van der Waals surface area contributed by atoms with E-state index in [1.54, 1.807) is 18.3 Å². The third-order valence-corrected chi connectivity index (χ3v) is 4.23. The molecule has 1 aliphatic rings. The van der Waals surface area contributed by atoms with Crippen LogP contribution in [0.3, 0.4) is 0 Å². The highest BCUT2D eigenvalue weighted by Crippen LogP contribution is 2.31. The number of benzene rings is 2. The Morgan fingerprint density at radius 3 is 2.65 bits per heavy atom. The number of anilines is 1. The number of aryl methyl sites for hydroxylation is 1.